The van der Waals surface area contributed by atoms with Crippen molar-refractivity contribution in [3.63, 3.8) is 0 Å². The molecule has 0 saturated carbocycles. The number of nitrogens with one attached hydrogen (secondary N) is 1. The fourth-order valence-corrected chi connectivity index (χ4v) is 3.04. The molecule has 3 rings (SSSR count). The van der Waals surface area contributed by atoms with E-state index >= 15 is 0 Å². The first-order valence-electron chi connectivity index (χ1n) is 7.78. The van der Waals surface area contributed by atoms with E-state index in [2.05, 4.69) is 12.2 Å². The van der Waals surface area contributed by atoms with Gasteiger partial charge in [0.2, 0.25) is 0 Å². The van der Waals surface area contributed by atoms with Crippen molar-refractivity contribution in [2.24, 2.45) is 5.92 Å². The third-order valence-electron chi connectivity index (χ3n) is 4.16. The Morgan fingerprint density at radius 3 is 2.86 bits per heavy atom. The second-order valence-electron chi connectivity index (χ2n) is 5.71. The molecule has 0 aliphatic carbocycles. The third kappa shape index (κ3) is 3.27. The molecule has 2 heterocycles. The first-order valence-corrected chi connectivity index (χ1v) is 7.78. The molecule has 1 atom stereocenters. The zero-order chi connectivity index (χ0) is 14.7. The average Bonchev–Trinajstić information content (AvgIpc) is 2.91. The van der Waals surface area contributed by atoms with Gasteiger partial charge in [0.25, 0.3) is 0 Å². The van der Waals surface area contributed by atoms with Gasteiger partial charge in [-0.15, -0.1) is 0 Å². The maximum absolute atomic E-state index is 13.3. The predicted molar refractivity (Wildman–Crippen MR) is 80.7 cm³/mol. The van der Waals surface area contributed by atoms with Gasteiger partial charge in [0, 0.05) is 18.6 Å². The first kappa shape index (κ1) is 14.5. The molecule has 1 aliphatic heterocycles. The van der Waals surface area contributed by atoms with Gasteiger partial charge in [-0.25, -0.2) is 4.39 Å². The monoisotopic (exact) mass is 291 g/mol. The van der Waals surface area contributed by atoms with E-state index in [1.165, 1.54) is 12.1 Å². The molecule has 1 aromatic carbocycles. The second kappa shape index (κ2) is 6.58. The van der Waals surface area contributed by atoms with E-state index in [1.807, 2.05) is 6.07 Å². The van der Waals surface area contributed by atoms with E-state index in [9.17, 15) is 4.39 Å². The van der Waals surface area contributed by atoms with Gasteiger partial charge in [0.15, 0.2) is 0 Å². The Morgan fingerprint density at radius 2 is 2.10 bits per heavy atom. The molecule has 1 aliphatic rings. The van der Waals surface area contributed by atoms with E-state index in [4.69, 9.17) is 9.15 Å². The molecule has 114 valence electrons. The van der Waals surface area contributed by atoms with E-state index in [1.54, 1.807) is 6.07 Å². The second-order valence-corrected chi connectivity index (χ2v) is 5.71. The SMILES string of the molecule is CCCNC(c1cc2cc(F)ccc2o1)C1CCOCC1. The van der Waals surface area contributed by atoms with Crippen molar-refractivity contribution in [1.82, 2.24) is 5.32 Å². The molecule has 1 N–H and O–H groups in total. The highest BCUT2D eigenvalue weighted by Gasteiger charge is 2.27. The normalized spacial score (nSPS) is 18.2. The number of furan rings is 1. The summed E-state index contributed by atoms with van der Waals surface area (Å²) in [6.45, 7) is 4.73. The van der Waals surface area contributed by atoms with Gasteiger partial charge in [-0.2, -0.15) is 0 Å². The number of hydrogen-bond acceptors (Lipinski definition) is 3. The minimum atomic E-state index is -0.223. The molecular formula is C17H22FNO2. The molecule has 0 amide bonds. The fraction of sp³-hybridized carbons (Fsp3) is 0.529. The summed E-state index contributed by atoms with van der Waals surface area (Å²) >= 11 is 0. The Morgan fingerprint density at radius 1 is 1.29 bits per heavy atom. The number of hydrogen-bond donors (Lipinski definition) is 1. The summed E-state index contributed by atoms with van der Waals surface area (Å²) in [5.74, 6) is 1.20. The van der Waals surface area contributed by atoms with Crippen LogP contribution in [0.15, 0.2) is 28.7 Å². The summed E-state index contributed by atoms with van der Waals surface area (Å²) < 4.78 is 24.8. The maximum atomic E-state index is 13.3. The lowest BCUT2D eigenvalue weighted by Gasteiger charge is -2.29. The number of ether oxygens (including phenoxy) is 1. The summed E-state index contributed by atoms with van der Waals surface area (Å²) in [5, 5.41) is 4.42. The predicted octanol–water partition coefficient (Wildman–Crippen LogP) is 4.04. The van der Waals surface area contributed by atoms with Crippen molar-refractivity contribution in [1.29, 1.82) is 0 Å². The van der Waals surface area contributed by atoms with Crippen molar-refractivity contribution in [2.75, 3.05) is 19.8 Å². The summed E-state index contributed by atoms with van der Waals surface area (Å²) in [5.41, 5.74) is 0.752. The topological polar surface area (TPSA) is 34.4 Å². The summed E-state index contributed by atoms with van der Waals surface area (Å²) in [6, 6.07) is 6.84. The van der Waals surface area contributed by atoms with Crippen molar-refractivity contribution < 1.29 is 13.5 Å². The van der Waals surface area contributed by atoms with Crippen LogP contribution in [0.25, 0.3) is 11.0 Å². The molecule has 1 saturated heterocycles. The Kier molecular flexibility index (Phi) is 4.56. The molecule has 2 aromatic rings. The van der Waals surface area contributed by atoms with Gasteiger partial charge < -0.3 is 14.5 Å². The summed E-state index contributed by atoms with van der Waals surface area (Å²) in [4.78, 5) is 0. The molecule has 21 heavy (non-hydrogen) atoms. The minimum Gasteiger partial charge on any atom is -0.459 e. The van der Waals surface area contributed by atoms with Crippen LogP contribution in [0.5, 0.6) is 0 Å². The maximum Gasteiger partial charge on any atom is 0.134 e. The highest BCUT2D eigenvalue weighted by molar-refractivity contribution is 5.78. The van der Waals surface area contributed by atoms with Crippen LogP contribution in [0.2, 0.25) is 0 Å². The number of halogens is 1. The standard InChI is InChI=1S/C17H22FNO2/c1-2-7-19-17(12-5-8-20-9-6-12)16-11-13-10-14(18)3-4-15(13)21-16/h3-4,10-12,17,19H,2,5-9H2,1H3. The van der Waals surface area contributed by atoms with E-state index in [0.717, 1.165) is 55.8 Å². The van der Waals surface area contributed by atoms with Crippen LogP contribution < -0.4 is 5.32 Å². The van der Waals surface area contributed by atoms with Crippen LogP contribution in [0.1, 0.15) is 38.0 Å². The largest absolute Gasteiger partial charge is 0.459 e. The molecule has 1 fully saturated rings. The van der Waals surface area contributed by atoms with Gasteiger partial charge in [-0.3, -0.25) is 0 Å². The van der Waals surface area contributed by atoms with Gasteiger partial charge >= 0.3 is 0 Å². The van der Waals surface area contributed by atoms with Crippen LogP contribution >= 0.6 is 0 Å². The highest BCUT2D eigenvalue weighted by atomic mass is 19.1. The molecule has 1 aromatic heterocycles. The molecule has 1 unspecified atom stereocenters. The minimum absolute atomic E-state index is 0.185. The Hall–Kier alpha value is -1.39. The number of benzene rings is 1. The average molecular weight is 291 g/mol. The van der Waals surface area contributed by atoms with Crippen LogP contribution in [0.4, 0.5) is 4.39 Å². The van der Waals surface area contributed by atoms with E-state index in [0.29, 0.717) is 5.92 Å². The molecule has 3 nitrogen and oxygen atoms in total. The van der Waals surface area contributed by atoms with Crippen molar-refractivity contribution in [3.05, 3.63) is 35.8 Å². The Labute approximate surface area is 124 Å². The van der Waals surface area contributed by atoms with Gasteiger partial charge in [-0.05, 0) is 56.0 Å². The van der Waals surface area contributed by atoms with Crippen LogP contribution in [-0.4, -0.2) is 19.8 Å². The molecule has 0 bridgehead atoms. The smallest absolute Gasteiger partial charge is 0.134 e. The Balaban J connectivity index is 1.88. The molecule has 4 heteroatoms. The lowest BCUT2D eigenvalue weighted by Crippen LogP contribution is -2.32. The van der Waals surface area contributed by atoms with Gasteiger partial charge in [0.05, 0.1) is 6.04 Å². The van der Waals surface area contributed by atoms with Crippen LogP contribution in [0, 0.1) is 11.7 Å². The number of rotatable bonds is 5. The van der Waals surface area contributed by atoms with E-state index in [-0.39, 0.29) is 11.9 Å². The lowest BCUT2D eigenvalue weighted by molar-refractivity contribution is 0.0509. The Bertz CT molecular complexity index is 589. The molecular weight excluding hydrogens is 269 g/mol. The number of fused-ring (bicyclic) bond motifs is 1. The van der Waals surface area contributed by atoms with E-state index < -0.39 is 0 Å². The zero-order valence-electron chi connectivity index (χ0n) is 12.4. The van der Waals surface area contributed by atoms with Crippen molar-refractivity contribution in [2.45, 2.75) is 32.2 Å². The van der Waals surface area contributed by atoms with Crippen LogP contribution in [-0.2, 0) is 4.74 Å². The van der Waals surface area contributed by atoms with Gasteiger partial charge in [0.1, 0.15) is 17.2 Å². The first-order chi connectivity index (χ1) is 10.3. The third-order valence-corrected chi connectivity index (χ3v) is 4.16. The fourth-order valence-electron chi connectivity index (χ4n) is 3.04. The van der Waals surface area contributed by atoms with Crippen molar-refractivity contribution >= 4 is 11.0 Å². The van der Waals surface area contributed by atoms with Crippen molar-refractivity contribution in [3.8, 4) is 0 Å². The van der Waals surface area contributed by atoms with Crippen LogP contribution in [0.3, 0.4) is 0 Å². The van der Waals surface area contributed by atoms with Gasteiger partial charge in [-0.1, -0.05) is 6.92 Å². The summed E-state index contributed by atoms with van der Waals surface area (Å²) in [7, 11) is 0. The molecule has 0 radical (unpaired) electrons. The molecule has 0 spiro atoms. The zero-order valence-corrected chi connectivity index (χ0v) is 12.4. The lowest BCUT2D eigenvalue weighted by atomic mass is 9.90. The quantitative estimate of drug-likeness (QED) is 0.903. The highest BCUT2D eigenvalue weighted by Crippen LogP contribution is 2.33. The summed E-state index contributed by atoms with van der Waals surface area (Å²) in [6.07, 6.45) is 3.15.